The third-order valence-corrected chi connectivity index (χ3v) is 4.72. The van der Waals surface area contributed by atoms with Crippen molar-refractivity contribution in [2.24, 2.45) is 0 Å². The van der Waals surface area contributed by atoms with E-state index in [1.54, 1.807) is 11.4 Å². The Morgan fingerprint density at radius 3 is 2.65 bits per heavy atom. The first-order valence-electron chi connectivity index (χ1n) is 7.33. The van der Waals surface area contributed by atoms with E-state index in [4.69, 9.17) is 25.5 Å². The topological polar surface area (TPSA) is 48.7 Å². The fourth-order valence-electron chi connectivity index (χ4n) is 2.34. The van der Waals surface area contributed by atoms with Gasteiger partial charge < -0.3 is 13.9 Å². The van der Waals surface area contributed by atoms with Crippen molar-refractivity contribution in [3.63, 3.8) is 0 Å². The molecule has 0 amide bonds. The first kappa shape index (κ1) is 18.6. The average Bonchev–Trinajstić information content (AvgIpc) is 3.08. The molecular weight excluding hydrogens is 393 g/mol. The summed E-state index contributed by atoms with van der Waals surface area (Å²) in [5, 5.41) is 2.55. The van der Waals surface area contributed by atoms with Crippen LogP contribution in [0.15, 0.2) is 28.0 Å². The molecule has 3 rings (SSSR count). The molecule has 0 unspecified atom stereocenters. The van der Waals surface area contributed by atoms with E-state index in [0.717, 1.165) is 10.8 Å². The van der Waals surface area contributed by atoms with E-state index in [-0.39, 0.29) is 12.4 Å². The lowest BCUT2D eigenvalue weighted by Crippen LogP contribution is -2.02. The molecule has 0 saturated heterocycles. The van der Waals surface area contributed by atoms with Crippen LogP contribution in [0.4, 0.5) is 13.2 Å². The summed E-state index contributed by atoms with van der Waals surface area (Å²) in [4.78, 5) is 11.1. The molecule has 2 heterocycles. The van der Waals surface area contributed by atoms with E-state index in [2.05, 4.69) is 0 Å². The van der Waals surface area contributed by atoms with E-state index < -0.39 is 17.9 Å². The monoisotopic (exact) mass is 404 g/mol. The zero-order valence-electron chi connectivity index (χ0n) is 13.6. The van der Waals surface area contributed by atoms with Crippen LogP contribution in [-0.2, 0) is 17.6 Å². The molecule has 0 radical (unpaired) electrons. The standard InChI is InChI=1S/C17H12ClF3O4S/c1-8-10(3-15(24-8)17(19,20)21)6-23-11-4-12(18)16-13(25-9(2)22)7-26-14(16)5-11/h3-5,7H,6H2,1-2H3. The minimum atomic E-state index is -4.55. The number of furan rings is 1. The van der Waals surface area contributed by atoms with Crippen molar-refractivity contribution in [2.75, 3.05) is 0 Å². The Morgan fingerprint density at radius 2 is 2.04 bits per heavy atom. The Kier molecular flexibility index (Phi) is 4.90. The SMILES string of the molecule is CC(=O)Oc1csc2cc(OCc3cc(C(F)(F)F)oc3C)cc(Cl)c12. The van der Waals surface area contributed by atoms with Crippen LogP contribution in [0.25, 0.3) is 10.1 Å². The van der Waals surface area contributed by atoms with Crippen LogP contribution in [0.1, 0.15) is 24.0 Å². The quantitative estimate of drug-likeness (QED) is 0.502. The summed E-state index contributed by atoms with van der Waals surface area (Å²) in [6.07, 6.45) is -4.55. The molecule has 26 heavy (non-hydrogen) atoms. The summed E-state index contributed by atoms with van der Waals surface area (Å²) >= 11 is 7.54. The van der Waals surface area contributed by atoms with Crippen molar-refractivity contribution in [2.45, 2.75) is 26.6 Å². The van der Waals surface area contributed by atoms with Gasteiger partial charge in [0.1, 0.15) is 18.1 Å². The molecule has 0 fully saturated rings. The van der Waals surface area contributed by atoms with Crippen molar-refractivity contribution >= 4 is 39.0 Å². The second-order valence-electron chi connectivity index (χ2n) is 5.45. The molecule has 0 N–H and O–H groups in total. The van der Waals surface area contributed by atoms with Gasteiger partial charge in [-0.05, 0) is 25.1 Å². The normalized spacial score (nSPS) is 11.8. The second-order valence-corrected chi connectivity index (χ2v) is 6.77. The summed E-state index contributed by atoms with van der Waals surface area (Å²) in [5.41, 5.74) is 0.292. The van der Waals surface area contributed by atoms with Gasteiger partial charge in [0, 0.05) is 22.6 Å². The molecular formula is C17H12ClF3O4S. The van der Waals surface area contributed by atoms with Gasteiger partial charge in [0.25, 0.3) is 0 Å². The van der Waals surface area contributed by atoms with E-state index >= 15 is 0 Å². The van der Waals surface area contributed by atoms with Crippen LogP contribution in [0.2, 0.25) is 5.02 Å². The van der Waals surface area contributed by atoms with Crippen molar-refractivity contribution in [1.29, 1.82) is 0 Å². The minimum absolute atomic E-state index is 0.102. The van der Waals surface area contributed by atoms with Gasteiger partial charge in [-0.25, -0.2) is 0 Å². The number of aryl methyl sites for hydroxylation is 1. The number of carbonyl (C=O) groups excluding carboxylic acids is 1. The summed E-state index contributed by atoms with van der Waals surface area (Å²) in [6, 6.07) is 4.11. The Labute approximate surface area is 155 Å². The molecule has 0 bridgehead atoms. The third-order valence-electron chi connectivity index (χ3n) is 3.51. The number of benzene rings is 1. The molecule has 3 aromatic rings. The van der Waals surface area contributed by atoms with Gasteiger partial charge in [0.15, 0.2) is 5.75 Å². The smallest absolute Gasteiger partial charge is 0.449 e. The van der Waals surface area contributed by atoms with Crippen LogP contribution in [0.3, 0.4) is 0 Å². The van der Waals surface area contributed by atoms with Gasteiger partial charge in [0.2, 0.25) is 5.76 Å². The van der Waals surface area contributed by atoms with Crippen molar-refractivity contribution in [1.82, 2.24) is 0 Å². The lowest BCUT2D eigenvalue weighted by atomic mass is 10.2. The summed E-state index contributed by atoms with van der Waals surface area (Å²) < 4.78 is 54.1. The van der Waals surface area contributed by atoms with Gasteiger partial charge in [0.05, 0.1) is 10.4 Å². The van der Waals surface area contributed by atoms with Crippen LogP contribution >= 0.6 is 22.9 Å². The van der Waals surface area contributed by atoms with Crippen LogP contribution < -0.4 is 9.47 Å². The highest BCUT2D eigenvalue weighted by atomic mass is 35.5. The lowest BCUT2D eigenvalue weighted by molar-refractivity contribution is -0.153. The first-order valence-corrected chi connectivity index (χ1v) is 8.59. The number of hydrogen-bond acceptors (Lipinski definition) is 5. The minimum Gasteiger partial charge on any atom is -0.489 e. The number of carbonyl (C=O) groups is 1. The summed E-state index contributed by atoms with van der Waals surface area (Å²) in [5.74, 6) is -0.649. The Bertz CT molecular complexity index is 974. The molecule has 4 nitrogen and oxygen atoms in total. The van der Waals surface area contributed by atoms with Gasteiger partial charge in [-0.1, -0.05) is 11.6 Å². The Morgan fingerprint density at radius 1 is 1.31 bits per heavy atom. The second kappa shape index (κ2) is 6.85. The predicted molar refractivity (Wildman–Crippen MR) is 90.9 cm³/mol. The molecule has 0 saturated carbocycles. The highest BCUT2D eigenvalue weighted by Gasteiger charge is 2.35. The highest BCUT2D eigenvalue weighted by molar-refractivity contribution is 7.17. The highest BCUT2D eigenvalue weighted by Crippen LogP contribution is 2.40. The van der Waals surface area contributed by atoms with E-state index in [0.29, 0.717) is 27.5 Å². The van der Waals surface area contributed by atoms with Crippen molar-refractivity contribution in [3.05, 3.63) is 45.7 Å². The molecule has 138 valence electrons. The largest absolute Gasteiger partial charge is 0.489 e. The first-order chi connectivity index (χ1) is 12.1. The molecule has 1 aromatic carbocycles. The molecule has 0 aliphatic carbocycles. The van der Waals surface area contributed by atoms with Crippen LogP contribution in [0, 0.1) is 6.92 Å². The number of halogens is 4. The van der Waals surface area contributed by atoms with Crippen LogP contribution in [0.5, 0.6) is 11.5 Å². The van der Waals surface area contributed by atoms with Crippen molar-refractivity contribution < 1.29 is 31.9 Å². The fourth-order valence-corrected chi connectivity index (χ4v) is 3.61. The third kappa shape index (κ3) is 3.81. The number of rotatable bonds is 4. The zero-order chi connectivity index (χ0) is 19.1. The van der Waals surface area contributed by atoms with Gasteiger partial charge in [-0.15, -0.1) is 11.3 Å². The number of hydrogen-bond donors (Lipinski definition) is 0. The number of ether oxygens (including phenoxy) is 2. The van der Waals surface area contributed by atoms with Gasteiger partial charge >= 0.3 is 12.1 Å². The lowest BCUT2D eigenvalue weighted by Gasteiger charge is -2.07. The van der Waals surface area contributed by atoms with Crippen molar-refractivity contribution in [3.8, 4) is 11.5 Å². The maximum Gasteiger partial charge on any atom is 0.449 e. The van der Waals surface area contributed by atoms with Crippen LogP contribution in [-0.4, -0.2) is 5.97 Å². The Hall–Kier alpha value is -2.19. The molecule has 2 aromatic heterocycles. The van der Waals surface area contributed by atoms with Gasteiger partial charge in [-0.2, -0.15) is 13.2 Å². The molecule has 0 atom stereocenters. The van der Waals surface area contributed by atoms with E-state index in [1.165, 1.54) is 31.3 Å². The fraction of sp³-hybridized carbons (Fsp3) is 0.235. The average molecular weight is 405 g/mol. The molecule has 0 aliphatic heterocycles. The van der Waals surface area contributed by atoms with E-state index in [1.807, 2.05) is 0 Å². The Balaban J connectivity index is 1.82. The van der Waals surface area contributed by atoms with Gasteiger partial charge in [-0.3, -0.25) is 4.79 Å². The summed E-state index contributed by atoms with van der Waals surface area (Å²) in [6.45, 7) is 2.63. The van der Waals surface area contributed by atoms with E-state index in [9.17, 15) is 18.0 Å². The predicted octanol–water partition coefficient (Wildman–Crippen LogP) is 5.98. The molecule has 0 aliphatic rings. The maximum atomic E-state index is 12.7. The number of esters is 1. The molecule has 0 spiro atoms. The summed E-state index contributed by atoms with van der Waals surface area (Å²) in [7, 11) is 0. The number of thiophene rings is 1. The number of alkyl halides is 3. The molecule has 9 heteroatoms. The zero-order valence-corrected chi connectivity index (χ0v) is 15.1. The number of fused-ring (bicyclic) bond motifs is 1. The maximum absolute atomic E-state index is 12.7.